The molecular weight excluding hydrogens is 489 g/mol. The van der Waals surface area contributed by atoms with Gasteiger partial charge in [-0.15, -0.1) is 0 Å². The molecule has 9 nitrogen and oxygen atoms in total. The summed E-state index contributed by atoms with van der Waals surface area (Å²) in [4.78, 5) is 38.4. The monoisotopic (exact) mass is 515 g/mol. The predicted molar refractivity (Wildman–Crippen MR) is 141 cm³/mol. The summed E-state index contributed by atoms with van der Waals surface area (Å²) in [6.07, 6.45) is 8.28. The molecule has 0 amide bonds. The van der Waals surface area contributed by atoms with Crippen molar-refractivity contribution >= 4 is 17.8 Å². The van der Waals surface area contributed by atoms with Crippen molar-refractivity contribution in [3.8, 4) is 0 Å². The maximum Gasteiger partial charge on any atom is 0.357 e. The van der Waals surface area contributed by atoms with Crippen molar-refractivity contribution in [3.63, 3.8) is 0 Å². The van der Waals surface area contributed by atoms with Gasteiger partial charge in [-0.25, -0.2) is 9.18 Å². The van der Waals surface area contributed by atoms with Gasteiger partial charge in [0.15, 0.2) is 0 Å². The first kappa shape index (κ1) is 25.1. The molecule has 2 aromatic carbocycles. The molecule has 38 heavy (non-hydrogen) atoms. The van der Waals surface area contributed by atoms with Crippen molar-refractivity contribution in [2.24, 2.45) is 0 Å². The zero-order valence-electron chi connectivity index (χ0n) is 20.7. The van der Waals surface area contributed by atoms with Crippen LogP contribution in [0.2, 0.25) is 0 Å². The fourth-order valence-electron chi connectivity index (χ4n) is 4.72. The fraction of sp³-hybridized carbons (Fsp3) is 0.250. The molecule has 1 atom stereocenters. The van der Waals surface area contributed by atoms with Crippen molar-refractivity contribution in [3.05, 3.63) is 126 Å². The molecule has 0 aliphatic heterocycles. The average Bonchev–Trinajstić information content (AvgIpc) is 3.32. The van der Waals surface area contributed by atoms with Gasteiger partial charge in [-0.2, -0.15) is 5.10 Å². The van der Waals surface area contributed by atoms with Gasteiger partial charge in [0.05, 0.1) is 23.7 Å². The fourth-order valence-corrected chi connectivity index (χ4v) is 4.72. The summed E-state index contributed by atoms with van der Waals surface area (Å²) in [5.41, 5.74) is -0.382. The highest BCUT2D eigenvalue weighted by molar-refractivity contribution is 5.71. The third-order valence-corrected chi connectivity index (χ3v) is 7.00. The maximum atomic E-state index is 14.0. The molecule has 1 fully saturated rings. The van der Waals surface area contributed by atoms with E-state index < -0.39 is 27.9 Å². The first-order chi connectivity index (χ1) is 18.3. The van der Waals surface area contributed by atoms with E-state index in [9.17, 15) is 24.1 Å². The van der Waals surface area contributed by atoms with Gasteiger partial charge in [0, 0.05) is 23.4 Å². The zero-order valence-corrected chi connectivity index (χ0v) is 20.7. The van der Waals surface area contributed by atoms with Crippen LogP contribution in [0.15, 0.2) is 76.6 Å². The van der Waals surface area contributed by atoms with Crippen LogP contribution < -0.4 is 11.2 Å². The lowest BCUT2D eigenvalue weighted by Gasteiger charge is -2.29. The SMILES string of the molecule is CC(c1ccccc1)n1c(/C=C/c2cnn(Cc3ccccc3F)c2)c([N+](=O)[O-])c(=O)n(C2CCC2)c1=O. The van der Waals surface area contributed by atoms with Crippen molar-refractivity contribution in [1.29, 1.82) is 0 Å². The number of nitro groups is 1. The Morgan fingerprint density at radius 2 is 1.82 bits per heavy atom. The van der Waals surface area contributed by atoms with Crippen LogP contribution in [0, 0.1) is 15.9 Å². The van der Waals surface area contributed by atoms with E-state index in [0.717, 1.165) is 16.6 Å². The Labute approximate surface area is 217 Å². The maximum absolute atomic E-state index is 14.0. The van der Waals surface area contributed by atoms with Gasteiger partial charge in [-0.05, 0) is 50.0 Å². The second kappa shape index (κ2) is 10.4. The Hall–Kier alpha value is -4.60. The Morgan fingerprint density at radius 3 is 2.47 bits per heavy atom. The van der Waals surface area contributed by atoms with Crippen LogP contribution in [0.4, 0.5) is 10.1 Å². The topological polar surface area (TPSA) is 105 Å². The highest BCUT2D eigenvalue weighted by Crippen LogP contribution is 2.31. The second-order valence-corrected chi connectivity index (χ2v) is 9.39. The van der Waals surface area contributed by atoms with E-state index >= 15 is 0 Å². The van der Waals surface area contributed by atoms with E-state index in [1.165, 1.54) is 22.9 Å². The van der Waals surface area contributed by atoms with Crippen molar-refractivity contribution in [2.45, 2.75) is 44.8 Å². The number of halogens is 1. The molecular formula is C28H26FN5O4. The normalized spacial score (nSPS) is 14.5. The minimum atomic E-state index is -0.892. The van der Waals surface area contributed by atoms with Crippen LogP contribution in [0.3, 0.4) is 0 Å². The van der Waals surface area contributed by atoms with E-state index in [0.29, 0.717) is 24.0 Å². The first-order valence-corrected chi connectivity index (χ1v) is 12.4. The van der Waals surface area contributed by atoms with Gasteiger partial charge in [0.2, 0.25) is 0 Å². The third-order valence-electron chi connectivity index (χ3n) is 7.00. The van der Waals surface area contributed by atoms with Crippen LogP contribution in [-0.4, -0.2) is 23.8 Å². The molecule has 2 heterocycles. The molecule has 4 aromatic rings. The smallest absolute Gasteiger partial charge is 0.280 e. The Balaban J connectivity index is 1.61. The second-order valence-electron chi connectivity index (χ2n) is 9.39. The molecule has 0 spiro atoms. The molecule has 194 valence electrons. The van der Waals surface area contributed by atoms with Crippen molar-refractivity contribution in [2.75, 3.05) is 0 Å². The molecule has 1 aliphatic rings. The summed E-state index contributed by atoms with van der Waals surface area (Å²) < 4.78 is 18.0. The predicted octanol–water partition coefficient (Wildman–Crippen LogP) is 4.81. The van der Waals surface area contributed by atoms with E-state index in [4.69, 9.17) is 0 Å². The van der Waals surface area contributed by atoms with Gasteiger partial charge in [-0.3, -0.25) is 28.7 Å². The van der Waals surface area contributed by atoms with E-state index in [2.05, 4.69) is 5.10 Å². The van der Waals surface area contributed by atoms with Gasteiger partial charge in [-0.1, -0.05) is 48.5 Å². The summed E-state index contributed by atoms with van der Waals surface area (Å²) in [5.74, 6) is -0.346. The third kappa shape index (κ3) is 4.72. The minimum absolute atomic E-state index is 0.0845. The molecule has 10 heteroatoms. The summed E-state index contributed by atoms with van der Waals surface area (Å²) >= 11 is 0. The van der Waals surface area contributed by atoms with Crippen molar-refractivity contribution in [1.82, 2.24) is 18.9 Å². The molecule has 0 N–H and O–H groups in total. The highest BCUT2D eigenvalue weighted by atomic mass is 19.1. The van der Waals surface area contributed by atoms with Gasteiger partial charge < -0.3 is 0 Å². The van der Waals surface area contributed by atoms with Gasteiger partial charge in [0.1, 0.15) is 11.5 Å². The Morgan fingerprint density at radius 1 is 1.11 bits per heavy atom. The standard InChI is InChI=1S/C28H26FN5O4/c1-19(21-8-3-2-4-9-21)32-25(26(34(37)38)27(35)33(28(32)36)23-11-7-12-23)15-14-20-16-30-31(17-20)18-22-10-5-6-13-24(22)29/h2-6,8-10,13-17,19,23H,7,11-12,18H2,1H3/b15-14+. The number of hydrogen-bond acceptors (Lipinski definition) is 5. The summed E-state index contributed by atoms with van der Waals surface area (Å²) in [5, 5.41) is 16.4. The quantitative estimate of drug-likeness (QED) is 0.247. The van der Waals surface area contributed by atoms with Gasteiger partial charge in [0.25, 0.3) is 0 Å². The van der Waals surface area contributed by atoms with E-state index in [1.54, 1.807) is 42.1 Å². The molecule has 1 aliphatic carbocycles. The molecule has 1 saturated carbocycles. The molecule has 5 rings (SSSR count). The Bertz CT molecular complexity index is 1630. The zero-order chi connectivity index (χ0) is 26.8. The molecule has 0 bridgehead atoms. The lowest BCUT2D eigenvalue weighted by Crippen LogP contribution is -2.46. The number of benzene rings is 2. The molecule has 0 saturated heterocycles. The largest absolute Gasteiger partial charge is 0.357 e. The van der Waals surface area contributed by atoms with E-state index in [-0.39, 0.29) is 24.1 Å². The Kier molecular flexibility index (Phi) is 6.87. The lowest BCUT2D eigenvalue weighted by molar-refractivity contribution is -0.387. The summed E-state index contributed by atoms with van der Waals surface area (Å²) in [6, 6.07) is 14.6. The van der Waals surface area contributed by atoms with Crippen LogP contribution >= 0.6 is 0 Å². The number of nitrogens with zero attached hydrogens (tertiary/aromatic N) is 5. The van der Waals surface area contributed by atoms with Crippen LogP contribution in [0.25, 0.3) is 12.2 Å². The first-order valence-electron chi connectivity index (χ1n) is 12.4. The van der Waals surface area contributed by atoms with E-state index in [1.807, 2.05) is 30.3 Å². The van der Waals surface area contributed by atoms with Gasteiger partial charge >= 0.3 is 16.9 Å². The van der Waals surface area contributed by atoms with Crippen LogP contribution in [-0.2, 0) is 6.54 Å². The van der Waals surface area contributed by atoms with Crippen LogP contribution in [0.5, 0.6) is 0 Å². The average molecular weight is 516 g/mol. The number of aromatic nitrogens is 4. The minimum Gasteiger partial charge on any atom is -0.280 e. The summed E-state index contributed by atoms with van der Waals surface area (Å²) in [7, 11) is 0. The molecule has 0 radical (unpaired) electrons. The molecule has 1 unspecified atom stereocenters. The highest BCUT2D eigenvalue weighted by Gasteiger charge is 2.33. The lowest BCUT2D eigenvalue weighted by atomic mass is 9.93. The number of rotatable bonds is 8. The van der Waals surface area contributed by atoms with Crippen molar-refractivity contribution < 1.29 is 9.31 Å². The summed E-state index contributed by atoms with van der Waals surface area (Å²) in [6.45, 7) is 1.98. The number of hydrogen-bond donors (Lipinski definition) is 0. The van der Waals surface area contributed by atoms with Crippen LogP contribution in [0.1, 0.15) is 60.7 Å². The molecule has 2 aromatic heterocycles.